The van der Waals surface area contributed by atoms with Gasteiger partial charge in [-0.05, 0) is 42.5 Å². The molecular formula is C24H24N2O6S. The predicted molar refractivity (Wildman–Crippen MR) is 123 cm³/mol. The number of ether oxygens (including phenoxy) is 2. The summed E-state index contributed by atoms with van der Waals surface area (Å²) in [4.78, 5) is 26.1. The summed E-state index contributed by atoms with van der Waals surface area (Å²) in [7, 11) is -0.650. The molecule has 8 nitrogen and oxygen atoms in total. The van der Waals surface area contributed by atoms with E-state index < -0.39 is 22.6 Å². The number of nitrogens with zero attached hydrogens (tertiary/aromatic N) is 1. The zero-order valence-electron chi connectivity index (χ0n) is 18.2. The summed E-state index contributed by atoms with van der Waals surface area (Å²) in [5.74, 6) is -0.458. The Morgan fingerprint density at radius 3 is 2.21 bits per heavy atom. The number of anilines is 1. The highest BCUT2D eigenvalue weighted by Gasteiger charge is 2.18. The van der Waals surface area contributed by atoms with Gasteiger partial charge in [-0.3, -0.25) is 9.52 Å². The van der Waals surface area contributed by atoms with Gasteiger partial charge in [0.25, 0.3) is 15.9 Å². The van der Waals surface area contributed by atoms with Gasteiger partial charge in [0, 0.05) is 24.8 Å². The van der Waals surface area contributed by atoms with E-state index in [2.05, 4.69) is 4.72 Å². The lowest BCUT2D eigenvalue weighted by molar-refractivity contribution is -0.133. The van der Waals surface area contributed by atoms with Crippen molar-refractivity contribution >= 4 is 27.6 Å². The van der Waals surface area contributed by atoms with Crippen molar-refractivity contribution in [2.24, 2.45) is 0 Å². The summed E-state index contributed by atoms with van der Waals surface area (Å²) in [5.41, 5.74) is 1.38. The second kappa shape index (κ2) is 10.6. The molecule has 0 spiro atoms. The predicted octanol–water partition coefficient (Wildman–Crippen LogP) is 3.31. The number of esters is 1. The van der Waals surface area contributed by atoms with Gasteiger partial charge in [0.1, 0.15) is 5.75 Å². The monoisotopic (exact) mass is 468 g/mol. The van der Waals surface area contributed by atoms with Crippen LogP contribution >= 0.6 is 0 Å². The minimum absolute atomic E-state index is 0.00415. The second-order valence-corrected chi connectivity index (χ2v) is 8.82. The first-order valence-corrected chi connectivity index (χ1v) is 11.5. The summed E-state index contributed by atoms with van der Waals surface area (Å²) in [6.45, 7) is -0.151. The van der Waals surface area contributed by atoms with Gasteiger partial charge in [0.2, 0.25) is 0 Å². The van der Waals surface area contributed by atoms with Crippen LogP contribution in [0.15, 0.2) is 83.8 Å². The molecule has 1 N–H and O–H groups in total. The number of likely N-dealkylation sites (N-methyl/N-ethyl adjacent to an activating group) is 1. The smallest absolute Gasteiger partial charge is 0.338 e. The molecule has 1 amide bonds. The Hall–Kier alpha value is -3.85. The van der Waals surface area contributed by atoms with Crippen LogP contribution in [0.3, 0.4) is 0 Å². The van der Waals surface area contributed by atoms with Gasteiger partial charge in [-0.15, -0.1) is 0 Å². The molecule has 0 unspecified atom stereocenters. The van der Waals surface area contributed by atoms with Crippen molar-refractivity contribution in [2.45, 2.75) is 11.4 Å². The summed E-state index contributed by atoms with van der Waals surface area (Å²) >= 11 is 0. The number of rotatable bonds is 9. The molecule has 0 aliphatic heterocycles. The van der Waals surface area contributed by atoms with Gasteiger partial charge < -0.3 is 14.4 Å². The zero-order chi connectivity index (χ0) is 23.8. The lowest BCUT2D eigenvalue weighted by Crippen LogP contribution is -2.31. The molecule has 0 saturated carbocycles. The number of carbonyl (C=O) groups excluding carboxylic acids is 2. The van der Waals surface area contributed by atoms with Gasteiger partial charge in [0.05, 0.1) is 17.6 Å². The van der Waals surface area contributed by atoms with E-state index in [0.29, 0.717) is 18.0 Å². The topological polar surface area (TPSA) is 102 Å². The van der Waals surface area contributed by atoms with Crippen molar-refractivity contribution in [1.29, 1.82) is 0 Å². The number of nitrogens with one attached hydrogen (secondary N) is 1. The highest BCUT2D eigenvalue weighted by molar-refractivity contribution is 7.92. The fourth-order valence-corrected chi connectivity index (χ4v) is 4.05. The molecule has 3 aromatic rings. The summed E-state index contributed by atoms with van der Waals surface area (Å²) in [6, 6.07) is 21.1. The van der Waals surface area contributed by atoms with Crippen molar-refractivity contribution in [3.63, 3.8) is 0 Å². The number of para-hydroxylation sites is 2. The Labute approximate surface area is 192 Å². The van der Waals surface area contributed by atoms with Crippen molar-refractivity contribution in [3.05, 3.63) is 90.0 Å². The van der Waals surface area contributed by atoms with Gasteiger partial charge in [-0.25, -0.2) is 13.2 Å². The van der Waals surface area contributed by atoms with Crippen LogP contribution < -0.4 is 9.46 Å². The van der Waals surface area contributed by atoms with Gasteiger partial charge in [0.15, 0.2) is 6.61 Å². The molecule has 0 saturated heterocycles. The molecule has 0 radical (unpaired) electrons. The number of carbonyl (C=O) groups is 2. The third-order valence-electron chi connectivity index (χ3n) is 4.78. The van der Waals surface area contributed by atoms with Gasteiger partial charge >= 0.3 is 5.97 Å². The molecule has 0 aromatic heterocycles. The van der Waals surface area contributed by atoms with E-state index in [4.69, 9.17) is 9.47 Å². The van der Waals surface area contributed by atoms with E-state index in [1.54, 1.807) is 50.6 Å². The quantitative estimate of drug-likeness (QED) is 0.484. The van der Waals surface area contributed by atoms with E-state index in [-0.39, 0.29) is 16.4 Å². The molecule has 0 heterocycles. The summed E-state index contributed by atoms with van der Waals surface area (Å²) in [5, 5.41) is 0. The number of methoxy groups -OCH3 is 1. The summed E-state index contributed by atoms with van der Waals surface area (Å²) < 4.78 is 37.8. The molecule has 0 bridgehead atoms. The molecule has 3 aromatic carbocycles. The third-order valence-corrected chi connectivity index (χ3v) is 6.18. The highest BCUT2D eigenvalue weighted by Crippen LogP contribution is 2.19. The van der Waals surface area contributed by atoms with Crippen LogP contribution in [0.4, 0.5) is 5.69 Å². The first-order chi connectivity index (χ1) is 15.8. The molecule has 0 fully saturated rings. The van der Waals surface area contributed by atoms with E-state index in [1.165, 1.54) is 29.2 Å². The van der Waals surface area contributed by atoms with Crippen molar-refractivity contribution in [3.8, 4) is 5.75 Å². The zero-order valence-corrected chi connectivity index (χ0v) is 19.0. The van der Waals surface area contributed by atoms with Gasteiger partial charge in [-0.2, -0.15) is 0 Å². The molecule has 3 rings (SSSR count). The standard InChI is InChI=1S/C24H24N2O6S/c1-26(16-19-8-6-7-11-22(19)31-2)23(27)17-32-24(28)18-12-14-21(15-13-18)33(29,30)25-20-9-4-3-5-10-20/h3-15,25H,16-17H2,1-2H3. The second-order valence-electron chi connectivity index (χ2n) is 7.13. The molecular weight excluding hydrogens is 444 g/mol. The highest BCUT2D eigenvalue weighted by atomic mass is 32.2. The molecule has 172 valence electrons. The van der Waals surface area contributed by atoms with Crippen molar-refractivity contribution in [1.82, 2.24) is 4.90 Å². The maximum Gasteiger partial charge on any atom is 0.338 e. The lowest BCUT2D eigenvalue weighted by Gasteiger charge is -2.18. The van der Waals surface area contributed by atoms with Crippen LogP contribution in [0.1, 0.15) is 15.9 Å². The van der Waals surface area contributed by atoms with Crippen LogP contribution in [-0.4, -0.2) is 46.0 Å². The Morgan fingerprint density at radius 1 is 0.909 bits per heavy atom. The molecule has 9 heteroatoms. The fourth-order valence-electron chi connectivity index (χ4n) is 2.99. The van der Waals surface area contributed by atoms with E-state index in [1.807, 2.05) is 18.2 Å². The number of amides is 1. The van der Waals surface area contributed by atoms with Crippen molar-refractivity contribution in [2.75, 3.05) is 25.5 Å². The fraction of sp³-hybridized carbons (Fsp3) is 0.167. The Bertz CT molecular complexity index is 1210. The van der Waals surface area contributed by atoms with Crippen LogP contribution in [0, 0.1) is 0 Å². The number of benzene rings is 3. The maximum absolute atomic E-state index is 12.5. The number of hydrogen-bond donors (Lipinski definition) is 1. The molecule has 0 aliphatic carbocycles. The molecule has 33 heavy (non-hydrogen) atoms. The minimum atomic E-state index is -3.80. The van der Waals surface area contributed by atoms with E-state index >= 15 is 0 Å². The lowest BCUT2D eigenvalue weighted by atomic mass is 10.2. The van der Waals surface area contributed by atoms with Crippen LogP contribution in [-0.2, 0) is 26.1 Å². The average molecular weight is 469 g/mol. The first kappa shape index (κ1) is 23.8. The SMILES string of the molecule is COc1ccccc1CN(C)C(=O)COC(=O)c1ccc(S(=O)(=O)Nc2ccccc2)cc1. The van der Waals surface area contributed by atoms with Crippen LogP contribution in [0.25, 0.3) is 0 Å². The third kappa shape index (κ3) is 6.33. The van der Waals surface area contributed by atoms with E-state index in [0.717, 1.165) is 5.56 Å². The largest absolute Gasteiger partial charge is 0.496 e. The minimum Gasteiger partial charge on any atom is -0.496 e. The Balaban J connectivity index is 1.56. The normalized spacial score (nSPS) is 10.8. The van der Waals surface area contributed by atoms with Crippen molar-refractivity contribution < 1.29 is 27.5 Å². The Morgan fingerprint density at radius 2 is 1.55 bits per heavy atom. The molecule has 0 atom stereocenters. The average Bonchev–Trinajstić information content (AvgIpc) is 2.83. The first-order valence-electron chi connectivity index (χ1n) is 10.0. The van der Waals surface area contributed by atoms with E-state index in [9.17, 15) is 18.0 Å². The number of sulfonamides is 1. The van der Waals surface area contributed by atoms with Crippen LogP contribution in [0.5, 0.6) is 5.75 Å². The van der Waals surface area contributed by atoms with Crippen LogP contribution in [0.2, 0.25) is 0 Å². The van der Waals surface area contributed by atoms with Gasteiger partial charge in [-0.1, -0.05) is 36.4 Å². The maximum atomic E-state index is 12.5. The molecule has 0 aliphatic rings. The Kier molecular flexibility index (Phi) is 7.68. The number of hydrogen-bond acceptors (Lipinski definition) is 6. The summed E-state index contributed by atoms with van der Waals surface area (Å²) in [6.07, 6.45) is 0.